The lowest BCUT2D eigenvalue weighted by molar-refractivity contribution is -0.137. The zero-order valence-corrected chi connectivity index (χ0v) is 22.6. The van der Waals surface area contributed by atoms with Crippen LogP contribution >= 0.6 is 23.2 Å². The number of ether oxygens (including phenoxy) is 1. The fraction of sp³-hybridized carbons (Fsp3) is 0.222. The molecule has 4 aromatic rings. The Kier molecular flexibility index (Phi) is 9.96. The van der Waals surface area contributed by atoms with Gasteiger partial charge < -0.3 is 14.1 Å². The molecule has 12 heteroatoms. The van der Waals surface area contributed by atoms with E-state index in [1.165, 1.54) is 18.2 Å². The van der Waals surface area contributed by atoms with Gasteiger partial charge in [-0.1, -0.05) is 23.7 Å². The van der Waals surface area contributed by atoms with E-state index in [4.69, 9.17) is 32.4 Å². The summed E-state index contributed by atoms with van der Waals surface area (Å²) in [5.74, 6) is -1.20. The highest BCUT2D eigenvalue weighted by Gasteiger charge is 2.30. The van der Waals surface area contributed by atoms with Crippen molar-refractivity contribution in [2.75, 3.05) is 21.1 Å². The van der Waals surface area contributed by atoms with E-state index in [0.29, 0.717) is 22.0 Å². The molecule has 0 unspecified atom stereocenters. The van der Waals surface area contributed by atoms with Crippen molar-refractivity contribution in [3.8, 4) is 17.2 Å². The van der Waals surface area contributed by atoms with E-state index in [1.54, 1.807) is 24.3 Å². The molecule has 1 aromatic heterocycles. The number of alkyl halides is 4. The number of carbonyl (C=O) groups excluding carboxylic acids is 1. The molecule has 0 aliphatic carbocycles. The summed E-state index contributed by atoms with van der Waals surface area (Å²) in [5, 5.41) is 4.38. The number of carbonyl (C=O) groups is 1. The maximum atomic E-state index is 12.8. The van der Waals surface area contributed by atoms with E-state index in [9.17, 15) is 22.8 Å². The summed E-state index contributed by atoms with van der Waals surface area (Å²) in [4.78, 5) is 26.9. The van der Waals surface area contributed by atoms with Gasteiger partial charge in [-0.25, -0.2) is 9.59 Å². The van der Waals surface area contributed by atoms with Crippen molar-refractivity contribution < 1.29 is 27.1 Å². The first kappa shape index (κ1) is 29.9. The van der Waals surface area contributed by atoms with Crippen molar-refractivity contribution in [1.29, 1.82) is 0 Å². The maximum Gasteiger partial charge on any atom is 0.437 e. The standard InChI is InChI=1S/C24H15Cl2F3N2O4.C3H9N/c25-12-14-1-3-16(4-2-14)22(32)34-20-10-9-19(26)11-17(20)13-31-23(33)35-21(30-31)15-5-7-18(8-6-15)24(27,28)29;1-4(2)3/h1-11H,12-13H2;1-3H3. The molecule has 0 aliphatic rings. The molecule has 1 heterocycles. The van der Waals surface area contributed by atoms with Crippen LogP contribution in [0.15, 0.2) is 75.9 Å². The first-order valence-electron chi connectivity index (χ1n) is 11.4. The molecule has 0 aliphatic heterocycles. The Balaban J connectivity index is 0.000000983. The predicted octanol–water partition coefficient (Wildman–Crippen LogP) is 6.36. The summed E-state index contributed by atoms with van der Waals surface area (Å²) < 4.78 is 49.9. The Morgan fingerprint density at radius 1 is 1.03 bits per heavy atom. The summed E-state index contributed by atoms with van der Waals surface area (Å²) >= 11 is 11.9. The van der Waals surface area contributed by atoms with Gasteiger partial charge in [0.05, 0.1) is 17.7 Å². The average Bonchev–Trinajstić information content (AvgIpc) is 3.25. The van der Waals surface area contributed by atoms with E-state index in [2.05, 4.69) is 5.10 Å². The van der Waals surface area contributed by atoms with Crippen molar-refractivity contribution in [2.45, 2.75) is 18.6 Å². The molecule has 0 atom stereocenters. The van der Waals surface area contributed by atoms with Gasteiger partial charge in [0.1, 0.15) is 5.75 Å². The van der Waals surface area contributed by atoms with E-state index >= 15 is 0 Å². The van der Waals surface area contributed by atoms with Crippen LogP contribution in [0.5, 0.6) is 5.75 Å². The van der Waals surface area contributed by atoms with Crippen molar-refractivity contribution in [2.24, 2.45) is 0 Å². The maximum absolute atomic E-state index is 12.8. The van der Waals surface area contributed by atoms with Gasteiger partial charge in [-0.3, -0.25) is 0 Å². The Morgan fingerprint density at radius 3 is 2.21 bits per heavy atom. The summed E-state index contributed by atoms with van der Waals surface area (Å²) in [5.41, 5.74) is 0.836. The molecule has 3 aromatic carbocycles. The van der Waals surface area contributed by atoms with E-state index < -0.39 is 23.5 Å². The normalized spacial score (nSPS) is 11.2. The Hall–Kier alpha value is -3.60. The molecule has 39 heavy (non-hydrogen) atoms. The minimum atomic E-state index is -4.49. The number of hydrogen-bond donors (Lipinski definition) is 0. The molecule has 206 valence electrons. The predicted molar refractivity (Wildman–Crippen MR) is 142 cm³/mol. The molecule has 4 rings (SSSR count). The molecule has 0 N–H and O–H groups in total. The zero-order chi connectivity index (χ0) is 28.7. The quantitative estimate of drug-likeness (QED) is 0.150. The molecule has 0 saturated heterocycles. The average molecular weight is 582 g/mol. The number of nitrogens with zero attached hydrogens (tertiary/aromatic N) is 3. The third-order valence-corrected chi connectivity index (χ3v) is 5.50. The Morgan fingerprint density at radius 2 is 1.64 bits per heavy atom. The highest BCUT2D eigenvalue weighted by molar-refractivity contribution is 6.30. The van der Waals surface area contributed by atoms with Crippen LogP contribution in [-0.4, -0.2) is 41.8 Å². The lowest BCUT2D eigenvalue weighted by Gasteiger charge is -2.10. The van der Waals surface area contributed by atoms with Crippen LogP contribution in [-0.2, 0) is 18.6 Å². The van der Waals surface area contributed by atoms with Crippen LogP contribution in [0.4, 0.5) is 13.2 Å². The first-order valence-corrected chi connectivity index (χ1v) is 12.3. The van der Waals surface area contributed by atoms with Crippen LogP contribution in [0.2, 0.25) is 5.02 Å². The SMILES string of the molecule is CN(C)C.O=C(Oc1ccc(Cl)cc1Cn1nc(-c2ccc(C(F)(F)F)cc2)oc1=O)c1ccc(CCl)cc1. The van der Waals surface area contributed by atoms with Gasteiger partial charge in [-0.05, 0) is 81.3 Å². The van der Waals surface area contributed by atoms with Gasteiger partial charge in [0.25, 0.3) is 0 Å². The highest BCUT2D eigenvalue weighted by Crippen LogP contribution is 2.30. The number of benzene rings is 3. The second-order valence-corrected chi connectivity index (χ2v) is 9.42. The fourth-order valence-electron chi connectivity index (χ4n) is 3.15. The van der Waals surface area contributed by atoms with Crippen molar-refractivity contribution in [3.63, 3.8) is 0 Å². The van der Waals surface area contributed by atoms with Gasteiger partial charge in [0.15, 0.2) is 0 Å². The molecule has 0 saturated carbocycles. The Labute approximate surface area is 232 Å². The minimum absolute atomic E-state index is 0.145. The summed E-state index contributed by atoms with van der Waals surface area (Å²) in [6.45, 7) is -0.169. The molecule has 0 bridgehead atoms. The van der Waals surface area contributed by atoms with Gasteiger partial charge in [-0.2, -0.15) is 17.9 Å². The molecule has 0 spiro atoms. The number of hydrogen-bond acceptors (Lipinski definition) is 6. The van der Waals surface area contributed by atoms with Crippen LogP contribution in [0.3, 0.4) is 0 Å². The van der Waals surface area contributed by atoms with Crippen LogP contribution in [0.25, 0.3) is 11.5 Å². The number of rotatable bonds is 6. The molecular formula is C27H24Cl2F3N3O4. The third kappa shape index (κ3) is 8.44. The minimum Gasteiger partial charge on any atom is -0.423 e. The van der Waals surface area contributed by atoms with Gasteiger partial charge in [-0.15, -0.1) is 16.7 Å². The third-order valence-electron chi connectivity index (χ3n) is 4.95. The van der Waals surface area contributed by atoms with Crippen LogP contribution in [0, 0.1) is 0 Å². The summed E-state index contributed by atoms with van der Waals surface area (Å²) in [6.07, 6.45) is -4.49. The van der Waals surface area contributed by atoms with Crippen LogP contribution in [0.1, 0.15) is 27.0 Å². The van der Waals surface area contributed by atoms with Crippen molar-refractivity contribution in [3.05, 3.63) is 105 Å². The highest BCUT2D eigenvalue weighted by atomic mass is 35.5. The molecular weight excluding hydrogens is 558 g/mol. The van der Waals surface area contributed by atoms with E-state index in [1.807, 2.05) is 26.0 Å². The van der Waals surface area contributed by atoms with Crippen LogP contribution < -0.4 is 10.5 Å². The first-order chi connectivity index (χ1) is 18.4. The largest absolute Gasteiger partial charge is 0.437 e. The molecule has 0 amide bonds. The summed E-state index contributed by atoms with van der Waals surface area (Å²) in [6, 6.07) is 15.1. The second-order valence-electron chi connectivity index (χ2n) is 8.72. The second kappa shape index (κ2) is 13.0. The van der Waals surface area contributed by atoms with E-state index in [-0.39, 0.29) is 23.7 Å². The number of aromatic nitrogens is 2. The molecule has 7 nitrogen and oxygen atoms in total. The van der Waals surface area contributed by atoms with Crippen molar-refractivity contribution in [1.82, 2.24) is 14.7 Å². The molecule has 0 fully saturated rings. The number of esters is 1. The lowest BCUT2D eigenvalue weighted by atomic mass is 10.1. The topological polar surface area (TPSA) is 77.6 Å². The smallest absolute Gasteiger partial charge is 0.423 e. The van der Waals surface area contributed by atoms with Gasteiger partial charge in [0, 0.05) is 22.0 Å². The number of halogens is 5. The van der Waals surface area contributed by atoms with E-state index in [0.717, 1.165) is 34.5 Å². The lowest BCUT2D eigenvalue weighted by Crippen LogP contribution is -2.18. The Bertz CT molecular complexity index is 1460. The summed E-state index contributed by atoms with van der Waals surface area (Å²) in [7, 11) is 6.00. The monoisotopic (exact) mass is 581 g/mol. The molecule has 0 radical (unpaired) electrons. The zero-order valence-electron chi connectivity index (χ0n) is 21.1. The van der Waals surface area contributed by atoms with Gasteiger partial charge >= 0.3 is 17.9 Å². The fourth-order valence-corrected chi connectivity index (χ4v) is 3.52. The van der Waals surface area contributed by atoms with Crippen molar-refractivity contribution >= 4 is 29.2 Å². The van der Waals surface area contributed by atoms with Gasteiger partial charge in [0.2, 0.25) is 5.89 Å².